The first-order valence-corrected chi connectivity index (χ1v) is 35.4. The van der Waals surface area contributed by atoms with E-state index in [1.807, 2.05) is 6.07 Å². The quantitative estimate of drug-likeness (QED) is 0.134. The maximum absolute atomic E-state index is 9.69. The monoisotopic (exact) mass is 1290 g/mol. The molecule has 4 heteroatoms. The Bertz CT molecular complexity index is 5260. The van der Waals surface area contributed by atoms with Crippen molar-refractivity contribution in [1.29, 1.82) is 0 Å². The molecule has 0 bridgehead atoms. The molecule has 3 nitrogen and oxygen atoms in total. The molecular formula is C95H96BN3. The maximum Gasteiger partial charge on any atom is 0.252 e. The van der Waals surface area contributed by atoms with Crippen LogP contribution in [0.1, 0.15) is 165 Å². The van der Waals surface area contributed by atoms with Gasteiger partial charge in [0, 0.05) is 56.1 Å². The molecule has 12 aromatic rings. The summed E-state index contributed by atoms with van der Waals surface area (Å²) in [7, 11) is 0. The van der Waals surface area contributed by atoms with Crippen LogP contribution < -0.4 is 26.2 Å². The third-order valence-corrected chi connectivity index (χ3v) is 20.4. The van der Waals surface area contributed by atoms with Gasteiger partial charge in [0.25, 0.3) is 6.71 Å². The summed E-state index contributed by atoms with van der Waals surface area (Å²) in [5.74, 6) is 0. The number of anilines is 6. The highest BCUT2D eigenvalue weighted by Crippen LogP contribution is 2.56. The van der Waals surface area contributed by atoms with Crippen LogP contribution in [0.4, 0.5) is 34.1 Å². The van der Waals surface area contributed by atoms with E-state index in [1.54, 1.807) is 0 Å². The zero-order chi connectivity index (χ0) is 74.2. The van der Waals surface area contributed by atoms with Crippen LogP contribution in [0, 0.1) is 0 Å². The molecule has 2 aliphatic heterocycles. The molecule has 0 aliphatic carbocycles. The number of fused-ring (bicyclic) bond motifs is 4. The van der Waals surface area contributed by atoms with Crippen LogP contribution in [0.3, 0.4) is 0 Å². The number of aromatic nitrogens is 1. The molecule has 2 aliphatic rings. The van der Waals surface area contributed by atoms with Crippen molar-refractivity contribution in [2.45, 2.75) is 157 Å². The Balaban J connectivity index is 1.25. The lowest BCUT2D eigenvalue weighted by Gasteiger charge is -2.46. The van der Waals surface area contributed by atoms with Crippen LogP contribution >= 0.6 is 0 Å². The fraction of sp³-hybridized carbons (Fsp3) is 0.253. The van der Waals surface area contributed by atoms with Crippen LogP contribution in [-0.2, 0) is 32.5 Å². The summed E-state index contributed by atoms with van der Waals surface area (Å²) in [6.45, 7) is 40.7. The van der Waals surface area contributed by atoms with Crippen molar-refractivity contribution in [1.82, 2.24) is 4.98 Å². The Morgan fingerprint density at radius 2 is 0.646 bits per heavy atom. The van der Waals surface area contributed by atoms with Crippen molar-refractivity contribution in [3.63, 3.8) is 0 Å². The molecule has 0 spiro atoms. The molecule has 0 atom stereocenters. The minimum Gasteiger partial charge on any atom is -0.310 e. The van der Waals surface area contributed by atoms with Crippen LogP contribution in [0.2, 0.25) is 0 Å². The first-order chi connectivity index (χ1) is 48.9. The number of benzene rings is 11. The van der Waals surface area contributed by atoms with Gasteiger partial charge in [0.05, 0.1) is 23.9 Å². The summed E-state index contributed by atoms with van der Waals surface area (Å²) in [6.07, 6.45) is 0. The minimum absolute atomic E-state index is 0.117. The molecule has 0 fully saturated rings. The van der Waals surface area contributed by atoms with Crippen LogP contribution in [0.15, 0.2) is 255 Å². The zero-order valence-corrected chi connectivity index (χ0v) is 61.3. The summed E-state index contributed by atoms with van der Waals surface area (Å²) >= 11 is 0. The standard InChI is InChI=1S/C95H96BN3/c1-90(2,3)70-42-31-41-65(49-70)67-46-48-80-83(53-67)98(88-75(62-35-25-20-26-36-62)57-73(93(10,11)12)58-76(88)63-37-27-21-28-38-63)84-54-69(68-50-71(91(4,5)6)56-72(51-68)92(7,8)9)55-85-87(84)96(80)79-47-45-66(61-33-23-19-24-34-61)52-82(79)99(85)89-77(64-39-29-22-30-40-64)59-74(94(13,14)15)60-78(89)81-43-32-44-86(97-81)95(16,17)18/h19-60H,1-18H3/i19D,23D,24D,33D,34D. The highest BCUT2D eigenvalue weighted by atomic mass is 15.2. The van der Waals surface area contributed by atoms with Gasteiger partial charge in [-0.05, 0) is 182 Å². The van der Waals surface area contributed by atoms with Crippen molar-refractivity contribution in [2.75, 3.05) is 9.80 Å². The van der Waals surface area contributed by atoms with E-state index in [0.717, 1.165) is 129 Å². The van der Waals surface area contributed by atoms with Crippen LogP contribution in [-0.4, -0.2) is 11.7 Å². The number of hydrogen-bond donors (Lipinski definition) is 0. The smallest absolute Gasteiger partial charge is 0.252 e. The molecule has 0 amide bonds. The van der Waals surface area contributed by atoms with Crippen molar-refractivity contribution >= 4 is 57.2 Å². The molecule has 0 saturated heterocycles. The van der Waals surface area contributed by atoms with Crippen molar-refractivity contribution in [3.05, 3.63) is 288 Å². The number of rotatable bonds is 9. The molecule has 1 aromatic heterocycles. The van der Waals surface area contributed by atoms with Gasteiger partial charge in [-0.25, -0.2) is 0 Å². The number of pyridine rings is 1. The third kappa shape index (κ3) is 12.6. The molecule has 0 unspecified atom stereocenters. The molecular weight excluding hydrogens is 1190 g/mol. The summed E-state index contributed by atoms with van der Waals surface area (Å²) in [5.41, 5.74) is 27.5. The van der Waals surface area contributed by atoms with Crippen molar-refractivity contribution in [2.24, 2.45) is 0 Å². The Morgan fingerprint density at radius 1 is 0.283 bits per heavy atom. The highest BCUT2D eigenvalue weighted by Gasteiger charge is 2.46. The summed E-state index contributed by atoms with van der Waals surface area (Å²) in [6, 6.07) is 81.8. The van der Waals surface area contributed by atoms with E-state index < -0.39 is 12.8 Å². The topological polar surface area (TPSA) is 19.4 Å². The molecule has 3 heterocycles. The van der Waals surface area contributed by atoms with Gasteiger partial charge in [-0.1, -0.05) is 319 Å². The van der Waals surface area contributed by atoms with E-state index >= 15 is 0 Å². The average molecular weight is 1300 g/mol. The molecule has 11 aromatic carbocycles. The first kappa shape index (κ1) is 60.4. The second kappa shape index (κ2) is 24.6. The second-order valence-electron chi connectivity index (χ2n) is 33.8. The van der Waals surface area contributed by atoms with Crippen molar-refractivity contribution < 1.29 is 6.85 Å². The van der Waals surface area contributed by atoms with Crippen LogP contribution in [0.25, 0.3) is 78.0 Å². The number of nitrogens with zero attached hydrogens (tertiary/aromatic N) is 3. The van der Waals surface area contributed by atoms with E-state index in [4.69, 9.17) is 6.35 Å². The highest BCUT2D eigenvalue weighted by molar-refractivity contribution is 7.00. The first-order valence-electron chi connectivity index (χ1n) is 37.9. The molecule has 0 N–H and O–H groups in total. The molecule has 0 saturated carbocycles. The molecule has 0 radical (unpaired) electrons. The van der Waals surface area contributed by atoms with E-state index in [-0.39, 0.29) is 62.2 Å². The summed E-state index contributed by atoms with van der Waals surface area (Å²) < 4.78 is 46.6. The second-order valence-corrected chi connectivity index (χ2v) is 33.8. The zero-order valence-electron chi connectivity index (χ0n) is 66.3. The minimum atomic E-state index is -0.435. The van der Waals surface area contributed by atoms with Gasteiger partial charge in [0.2, 0.25) is 0 Å². The summed E-state index contributed by atoms with van der Waals surface area (Å²) in [5, 5.41) is 0. The molecule has 99 heavy (non-hydrogen) atoms. The van der Waals surface area contributed by atoms with E-state index in [9.17, 15) is 5.48 Å². The lowest BCUT2D eigenvalue weighted by atomic mass is 9.33. The molecule has 14 rings (SSSR count). The Hall–Kier alpha value is -9.77. The van der Waals surface area contributed by atoms with Gasteiger partial charge in [0.1, 0.15) is 0 Å². The summed E-state index contributed by atoms with van der Waals surface area (Å²) in [4.78, 5) is 10.9. The normalized spacial score (nSPS) is 14.0. The predicted octanol–water partition coefficient (Wildman–Crippen LogP) is 24.6. The van der Waals surface area contributed by atoms with E-state index in [0.29, 0.717) is 5.56 Å². The lowest BCUT2D eigenvalue weighted by molar-refractivity contribution is 0.569. The Morgan fingerprint density at radius 3 is 1.09 bits per heavy atom. The fourth-order valence-corrected chi connectivity index (χ4v) is 14.5. The van der Waals surface area contributed by atoms with Crippen LogP contribution in [0.5, 0.6) is 0 Å². The van der Waals surface area contributed by atoms with E-state index in [2.05, 4.69) is 353 Å². The van der Waals surface area contributed by atoms with Gasteiger partial charge >= 0.3 is 0 Å². The predicted molar refractivity (Wildman–Crippen MR) is 429 cm³/mol. The average Bonchev–Trinajstić information content (AvgIpc) is 0.685. The van der Waals surface area contributed by atoms with Crippen molar-refractivity contribution in [3.8, 4) is 78.0 Å². The van der Waals surface area contributed by atoms with Gasteiger partial charge in [0.15, 0.2) is 0 Å². The Labute approximate surface area is 598 Å². The maximum atomic E-state index is 9.69. The Kier molecular flexibility index (Phi) is 15.0. The van der Waals surface area contributed by atoms with Gasteiger partial charge < -0.3 is 9.80 Å². The largest absolute Gasteiger partial charge is 0.310 e. The third-order valence-electron chi connectivity index (χ3n) is 20.4. The lowest BCUT2D eigenvalue weighted by Crippen LogP contribution is -2.61. The number of hydrogen-bond acceptors (Lipinski definition) is 3. The molecule has 494 valence electrons. The van der Waals surface area contributed by atoms with E-state index in [1.165, 1.54) is 22.3 Å². The van der Waals surface area contributed by atoms with Gasteiger partial charge in [-0.2, -0.15) is 0 Å². The fourth-order valence-electron chi connectivity index (χ4n) is 14.5. The van der Waals surface area contributed by atoms with Gasteiger partial charge in [-0.15, -0.1) is 0 Å². The van der Waals surface area contributed by atoms with Gasteiger partial charge in [-0.3, -0.25) is 4.98 Å². The SMILES string of the molecule is [2H]c1c([2H])c([2H])c(-c2ccc3c(c2)N(c2c(-c4ccccc4)cc(C(C)(C)C)cc2-c2cccc(C(C)(C)C)n2)c2cc(-c4cc(C(C)(C)C)cc(C(C)(C)C)c4)cc4c2B3c2ccc(-c3cccc(C(C)(C)C)c3)cc2N4c2c(-c3ccccc3)cc(C(C)(C)C)cc2-c2ccccc2)c([2H])c1[2H].